The molecule has 1 N–H and O–H groups in total. The third-order valence-electron chi connectivity index (χ3n) is 4.78. The van der Waals surface area contributed by atoms with E-state index in [1.807, 2.05) is 51.1 Å². The predicted molar refractivity (Wildman–Crippen MR) is 103 cm³/mol. The average molecular weight is 352 g/mol. The molecule has 0 radical (unpaired) electrons. The molecule has 4 heteroatoms. The average Bonchev–Trinajstić information content (AvgIpc) is 3.44. The van der Waals surface area contributed by atoms with Crippen molar-refractivity contribution in [2.24, 2.45) is 0 Å². The van der Waals surface area contributed by atoms with Gasteiger partial charge in [0.05, 0.1) is 19.3 Å². The number of aryl methyl sites for hydroxylation is 2. The van der Waals surface area contributed by atoms with Gasteiger partial charge < -0.3 is 19.3 Å². The van der Waals surface area contributed by atoms with Crippen LogP contribution in [0.4, 0.5) is 0 Å². The molecule has 0 saturated carbocycles. The van der Waals surface area contributed by atoms with Gasteiger partial charge in [-0.1, -0.05) is 35.4 Å². The molecule has 1 saturated heterocycles. The van der Waals surface area contributed by atoms with Crippen molar-refractivity contribution in [3.05, 3.63) is 47.5 Å². The van der Waals surface area contributed by atoms with Crippen molar-refractivity contribution in [3.63, 3.8) is 0 Å². The summed E-state index contributed by atoms with van der Waals surface area (Å²) >= 11 is 0. The third-order valence-corrected chi connectivity index (χ3v) is 4.78. The van der Waals surface area contributed by atoms with Crippen molar-refractivity contribution in [2.75, 3.05) is 19.8 Å². The summed E-state index contributed by atoms with van der Waals surface area (Å²) < 4.78 is 17.2. The number of aromatic hydroxyl groups is 1. The van der Waals surface area contributed by atoms with Gasteiger partial charge >= 0.3 is 0 Å². The quantitative estimate of drug-likeness (QED) is 0.524. The molecule has 0 aromatic heterocycles. The van der Waals surface area contributed by atoms with E-state index in [-0.39, 0.29) is 12.2 Å². The fourth-order valence-electron chi connectivity index (χ4n) is 3.23. The molecule has 3 aromatic rings. The molecule has 1 aliphatic heterocycles. The van der Waals surface area contributed by atoms with E-state index in [9.17, 15) is 5.11 Å². The van der Waals surface area contributed by atoms with Crippen LogP contribution in [0.1, 0.15) is 18.1 Å². The van der Waals surface area contributed by atoms with Crippen molar-refractivity contribution in [2.45, 2.75) is 33.0 Å². The minimum absolute atomic E-state index is 0.0339. The number of hydrogen-bond acceptors (Lipinski definition) is 4. The summed E-state index contributed by atoms with van der Waals surface area (Å²) in [6.45, 7) is 7.92. The molecule has 1 aliphatic rings. The highest BCUT2D eigenvalue weighted by atomic mass is 16.6. The normalized spacial score (nSPS) is 17.6. The molecule has 0 bridgehead atoms. The van der Waals surface area contributed by atoms with Gasteiger partial charge in [-0.25, -0.2) is 0 Å². The topological polar surface area (TPSA) is 51.2 Å². The zero-order valence-electron chi connectivity index (χ0n) is 15.4. The zero-order valence-corrected chi connectivity index (χ0v) is 15.4. The standard InChI is InChI=1S/C22H24O4/c1-13-5-7-18-19(8-13)21(23)17-6-4-14(2)9-20(17)22(18)26-10-15(3)24-11-16-12-25-16/h4-9,15-16,23H,10-12H2,1-3H3. The Morgan fingerprint density at radius 2 is 1.69 bits per heavy atom. The van der Waals surface area contributed by atoms with Gasteiger partial charge in [0.25, 0.3) is 0 Å². The Labute approximate surface area is 153 Å². The number of rotatable bonds is 6. The molecule has 3 aromatic carbocycles. The summed E-state index contributed by atoms with van der Waals surface area (Å²) in [7, 11) is 0. The van der Waals surface area contributed by atoms with E-state index in [1.165, 1.54) is 0 Å². The Morgan fingerprint density at radius 3 is 2.38 bits per heavy atom. The van der Waals surface area contributed by atoms with E-state index >= 15 is 0 Å². The van der Waals surface area contributed by atoms with Crippen molar-refractivity contribution in [1.29, 1.82) is 0 Å². The number of epoxide rings is 1. The number of benzene rings is 3. The molecule has 1 fully saturated rings. The lowest BCUT2D eigenvalue weighted by molar-refractivity contribution is 0.0248. The largest absolute Gasteiger partial charge is 0.507 e. The lowest BCUT2D eigenvalue weighted by Gasteiger charge is -2.18. The maximum absolute atomic E-state index is 10.8. The van der Waals surface area contributed by atoms with Crippen LogP contribution in [0.15, 0.2) is 36.4 Å². The number of phenols is 1. The maximum Gasteiger partial charge on any atom is 0.135 e. The van der Waals surface area contributed by atoms with Crippen LogP contribution >= 0.6 is 0 Å². The van der Waals surface area contributed by atoms with Crippen LogP contribution in [0.3, 0.4) is 0 Å². The third kappa shape index (κ3) is 3.35. The van der Waals surface area contributed by atoms with Gasteiger partial charge in [0.1, 0.15) is 24.2 Å². The smallest absolute Gasteiger partial charge is 0.135 e. The second-order valence-corrected chi connectivity index (χ2v) is 7.19. The number of fused-ring (bicyclic) bond motifs is 2. The van der Waals surface area contributed by atoms with Crippen LogP contribution in [0.2, 0.25) is 0 Å². The highest BCUT2D eigenvalue weighted by molar-refractivity contribution is 6.11. The molecule has 4 nitrogen and oxygen atoms in total. The molecule has 2 atom stereocenters. The maximum atomic E-state index is 10.8. The molecule has 0 aliphatic carbocycles. The molecule has 0 amide bonds. The minimum Gasteiger partial charge on any atom is -0.507 e. The summed E-state index contributed by atoms with van der Waals surface area (Å²) in [4.78, 5) is 0. The summed E-state index contributed by atoms with van der Waals surface area (Å²) in [6.07, 6.45) is 0.215. The van der Waals surface area contributed by atoms with E-state index < -0.39 is 0 Å². The Bertz CT molecular complexity index is 959. The summed E-state index contributed by atoms with van der Waals surface area (Å²) in [6, 6.07) is 12.1. The summed E-state index contributed by atoms with van der Waals surface area (Å²) in [5.74, 6) is 1.11. The first-order valence-electron chi connectivity index (χ1n) is 9.04. The van der Waals surface area contributed by atoms with E-state index in [2.05, 4.69) is 6.07 Å². The van der Waals surface area contributed by atoms with Crippen molar-refractivity contribution in [1.82, 2.24) is 0 Å². The molecule has 136 valence electrons. The van der Waals surface area contributed by atoms with Crippen molar-refractivity contribution in [3.8, 4) is 11.5 Å². The molecular formula is C22H24O4. The first-order valence-corrected chi connectivity index (χ1v) is 9.04. The Hall–Kier alpha value is -2.30. The van der Waals surface area contributed by atoms with Crippen LogP contribution < -0.4 is 4.74 Å². The molecule has 2 unspecified atom stereocenters. The monoisotopic (exact) mass is 352 g/mol. The fraction of sp³-hybridized carbons (Fsp3) is 0.364. The van der Waals surface area contributed by atoms with Crippen LogP contribution in [0.5, 0.6) is 11.5 Å². The molecular weight excluding hydrogens is 328 g/mol. The highest BCUT2D eigenvalue weighted by Crippen LogP contribution is 2.42. The highest BCUT2D eigenvalue weighted by Gasteiger charge is 2.23. The Balaban J connectivity index is 1.74. The van der Waals surface area contributed by atoms with E-state index in [1.54, 1.807) is 0 Å². The van der Waals surface area contributed by atoms with Gasteiger partial charge in [-0.15, -0.1) is 0 Å². The van der Waals surface area contributed by atoms with Crippen LogP contribution in [0, 0.1) is 13.8 Å². The van der Waals surface area contributed by atoms with Gasteiger partial charge in [0.15, 0.2) is 0 Å². The zero-order chi connectivity index (χ0) is 18.3. The van der Waals surface area contributed by atoms with Gasteiger partial charge in [-0.05, 0) is 32.9 Å². The van der Waals surface area contributed by atoms with Gasteiger partial charge in [0, 0.05) is 21.5 Å². The fourth-order valence-corrected chi connectivity index (χ4v) is 3.23. The molecule has 26 heavy (non-hydrogen) atoms. The summed E-state index contributed by atoms with van der Waals surface area (Å²) in [5.41, 5.74) is 2.23. The van der Waals surface area contributed by atoms with E-state index in [0.717, 1.165) is 45.0 Å². The Kier molecular flexibility index (Phi) is 4.47. The van der Waals surface area contributed by atoms with Gasteiger partial charge in [-0.2, -0.15) is 0 Å². The predicted octanol–water partition coefficient (Wildman–Crippen LogP) is 4.50. The second-order valence-electron chi connectivity index (χ2n) is 7.19. The second kappa shape index (κ2) is 6.78. The van der Waals surface area contributed by atoms with Crippen LogP contribution in [-0.2, 0) is 9.47 Å². The van der Waals surface area contributed by atoms with Gasteiger partial charge in [0.2, 0.25) is 0 Å². The van der Waals surface area contributed by atoms with Crippen molar-refractivity contribution >= 4 is 21.5 Å². The first kappa shape index (κ1) is 17.1. The lowest BCUT2D eigenvalue weighted by Crippen LogP contribution is -2.20. The number of hydrogen-bond donors (Lipinski definition) is 1. The number of phenolic OH excluding ortho intramolecular Hbond substituents is 1. The SMILES string of the molecule is Cc1ccc2c(OCC(C)OCC3CO3)c3cc(C)ccc3c(O)c2c1. The number of ether oxygens (including phenoxy) is 3. The van der Waals surface area contributed by atoms with Crippen molar-refractivity contribution < 1.29 is 19.3 Å². The van der Waals surface area contributed by atoms with E-state index in [0.29, 0.717) is 19.0 Å². The minimum atomic E-state index is -0.0339. The van der Waals surface area contributed by atoms with Crippen LogP contribution in [-0.4, -0.2) is 37.1 Å². The van der Waals surface area contributed by atoms with Gasteiger partial charge in [-0.3, -0.25) is 0 Å². The van der Waals surface area contributed by atoms with E-state index in [4.69, 9.17) is 14.2 Å². The first-order chi connectivity index (χ1) is 12.5. The summed E-state index contributed by atoms with van der Waals surface area (Å²) in [5, 5.41) is 14.3. The molecule has 0 spiro atoms. The molecule has 4 rings (SSSR count). The lowest BCUT2D eigenvalue weighted by atomic mass is 9.98. The molecule has 1 heterocycles. The Morgan fingerprint density at radius 1 is 1.04 bits per heavy atom. The van der Waals surface area contributed by atoms with Crippen LogP contribution in [0.25, 0.3) is 21.5 Å².